The van der Waals surface area contributed by atoms with E-state index in [1.807, 2.05) is 6.07 Å². The Morgan fingerprint density at radius 2 is 1.90 bits per heavy atom. The lowest BCUT2D eigenvalue weighted by atomic mass is 10.0. The summed E-state index contributed by atoms with van der Waals surface area (Å²) in [6, 6.07) is 19.0. The fourth-order valence-electron chi connectivity index (χ4n) is 2.67. The predicted octanol–water partition coefficient (Wildman–Crippen LogP) is 6.89. The smallest absolute Gasteiger partial charge is 0.162 e. The largest absolute Gasteiger partial charge is 0.493 e. The summed E-state index contributed by atoms with van der Waals surface area (Å²) in [7, 11) is 1.55. The normalized spacial score (nSPS) is 11.1. The molecule has 0 N–H and O–H groups in total. The third-order valence-corrected chi connectivity index (χ3v) is 5.07. The van der Waals surface area contributed by atoms with Crippen molar-refractivity contribution in [1.82, 2.24) is 0 Å². The molecule has 3 aromatic rings. The molecule has 0 aliphatic rings. The molecule has 0 radical (unpaired) electrons. The maximum Gasteiger partial charge on any atom is 0.162 e. The van der Waals surface area contributed by atoms with Crippen molar-refractivity contribution in [3.8, 4) is 17.6 Å². The molecule has 0 aliphatic carbocycles. The van der Waals surface area contributed by atoms with Gasteiger partial charge in [0.25, 0.3) is 0 Å². The summed E-state index contributed by atoms with van der Waals surface area (Å²) in [4.78, 5) is 0. The summed E-state index contributed by atoms with van der Waals surface area (Å²) < 4.78 is 25.1. The third kappa shape index (κ3) is 5.38. The average molecular weight is 473 g/mol. The van der Waals surface area contributed by atoms with Crippen LogP contribution < -0.4 is 9.47 Å². The highest BCUT2D eigenvalue weighted by molar-refractivity contribution is 9.10. The number of ether oxygens (including phenoxy) is 2. The lowest BCUT2D eigenvalue weighted by Gasteiger charge is -2.13. The van der Waals surface area contributed by atoms with Gasteiger partial charge in [0.05, 0.1) is 18.8 Å². The molecule has 29 heavy (non-hydrogen) atoms. The molecule has 6 heteroatoms. The van der Waals surface area contributed by atoms with Crippen LogP contribution in [0.4, 0.5) is 4.39 Å². The maximum atomic E-state index is 13.0. The zero-order valence-corrected chi connectivity index (χ0v) is 17.8. The van der Waals surface area contributed by atoms with Gasteiger partial charge in [-0.3, -0.25) is 0 Å². The standard InChI is InChI=1S/C23H16BrClFNO2/c1-28-22-11-17(9-18(13-27)16-3-2-4-19(25)10-16)21(24)12-23(22)29-14-15-5-7-20(26)8-6-15/h2-12H,14H2,1H3/b18-9+. The van der Waals surface area contributed by atoms with E-state index in [9.17, 15) is 9.65 Å². The van der Waals surface area contributed by atoms with Crippen LogP contribution in [0.3, 0.4) is 0 Å². The second-order valence-electron chi connectivity index (χ2n) is 6.12. The van der Waals surface area contributed by atoms with Gasteiger partial charge in [0.15, 0.2) is 11.5 Å². The lowest BCUT2D eigenvalue weighted by Crippen LogP contribution is -1.98. The highest BCUT2D eigenvalue weighted by Crippen LogP contribution is 2.36. The molecule has 3 rings (SSSR count). The number of benzene rings is 3. The molecule has 146 valence electrons. The first kappa shape index (κ1) is 20.9. The summed E-state index contributed by atoms with van der Waals surface area (Å²) in [5.74, 6) is 0.755. The first-order valence-electron chi connectivity index (χ1n) is 8.62. The van der Waals surface area contributed by atoms with Crippen LogP contribution >= 0.6 is 27.5 Å². The van der Waals surface area contributed by atoms with Crippen molar-refractivity contribution in [3.05, 3.63) is 92.7 Å². The van der Waals surface area contributed by atoms with Gasteiger partial charge in [-0.15, -0.1) is 0 Å². The first-order valence-corrected chi connectivity index (χ1v) is 9.80. The van der Waals surface area contributed by atoms with Crippen LogP contribution in [0.2, 0.25) is 5.02 Å². The minimum Gasteiger partial charge on any atom is -0.493 e. The van der Waals surface area contributed by atoms with Crippen molar-refractivity contribution in [2.45, 2.75) is 6.61 Å². The Morgan fingerprint density at radius 1 is 1.14 bits per heavy atom. The Kier molecular flexibility index (Phi) is 6.92. The van der Waals surface area contributed by atoms with Gasteiger partial charge in [-0.1, -0.05) is 51.8 Å². The first-order chi connectivity index (χ1) is 14.0. The van der Waals surface area contributed by atoms with Gasteiger partial charge in [0.1, 0.15) is 12.4 Å². The Balaban J connectivity index is 1.89. The fraction of sp³-hybridized carbons (Fsp3) is 0.0870. The lowest BCUT2D eigenvalue weighted by molar-refractivity contribution is 0.284. The van der Waals surface area contributed by atoms with Gasteiger partial charge in [-0.2, -0.15) is 5.26 Å². The van der Waals surface area contributed by atoms with Gasteiger partial charge in [-0.25, -0.2) is 4.39 Å². The van der Waals surface area contributed by atoms with E-state index in [0.29, 0.717) is 22.1 Å². The summed E-state index contributed by atoms with van der Waals surface area (Å²) in [6.07, 6.45) is 1.75. The SMILES string of the molecule is COc1cc(/C=C(\C#N)c2cccc(Cl)c2)c(Br)cc1OCc1ccc(F)cc1. The van der Waals surface area contributed by atoms with E-state index in [1.54, 1.807) is 55.7 Å². The van der Waals surface area contributed by atoms with E-state index in [2.05, 4.69) is 22.0 Å². The molecule has 0 heterocycles. The van der Waals surface area contributed by atoms with Crippen molar-refractivity contribution in [3.63, 3.8) is 0 Å². The van der Waals surface area contributed by atoms with Gasteiger partial charge in [0.2, 0.25) is 0 Å². The number of halogens is 3. The summed E-state index contributed by atoms with van der Waals surface area (Å²) in [5, 5.41) is 10.1. The average Bonchev–Trinajstić information content (AvgIpc) is 2.72. The molecule has 0 unspecified atom stereocenters. The maximum absolute atomic E-state index is 13.0. The van der Waals surface area contributed by atoms with Gasteiger partial charge in [-0.05, 0) is 59.2 Å². The molecule has 0 spiro atoms. The van der Waals surface area contributed by atoms with Crippen molar-refractivity contribution in [2.75, 3.05) is 7.11 Å². The number of hydrogen-bond donors (Lipinski definition) is 0. The quantitative estimate of drug-likeness (QED) is 0.290. The molecular weight excluding hydrogens is 457 g/mol. The Hall–Kier alpha value is -2.81. The number of methoxy groups -OCH3 is 1. The van der Waals surface area contributed by atoms with Gasteiger partial charge >= 0.3 is 0 Å². The van der Waals surface area contributed by atoms with Crippen LogP contribution in [0.15, 0.2) is 65.1 Å². The fourth-order valence-corrected chi connectivity index (χ4v) is 3.29. The Labute approximate surface area is 182 Å². The van der Waals surface area contributed by atoms with Crippen molar-refractivity contribution in [2.24, 2.45) is 0 Å². The molecular formula is C23H16BrClFNO2. The number of nitrogens with zero attached hydrogens (tertiary/aromatic N) is 1. The molecule has 0 bridgehead atoms. The number of rotatable bonds is 6. The van der Waals surface area contributed by atoms with Crippen LogP contribution in [0.5, 0.6) is 11.5 Å². The zero-order valence-electron chi connectivity index (χ0n) is 15.5. The van der Waals surface area contributed by atoms with Crippen LogP contribution in [-0.2, 0) is 6.61 Å². The number of nitriles is 1. The van der Waals surface area contributed by atoms with Crippen LogP contribution in [0.25, 0.3) is 11.6 Å². The molecule has 0 saturated heterocycles. The highest BCUT2D eigenvalue weighted by Gasteiger charge is 2.11. The summed E-state index contributed by atoms with van der Waals surface area (Å²) in [6.45, 7) is 0.268. The van der Waals surface area contributed by atoms with Crippen molar-refractivity contribution >= 4 is 39.2 Å². The minimum absolute atomic E-state index is 0.268. The van der Waals surface area contributed by atoms with E-state index in [0.717, 1.165) is 21.2 Å². The van der Waals surface area contributed by atoms with Crippen LogP contribution in [-0.4, -0.2) is 7.11 Å². The third-order valence-electron chi connectivity index (χ3n) is 4.15. The molecule has 3 nitrogen and oxygen atoms in total. The van der Waals surface area contributed by atoms with Gasteiger partial charge < -0.3 is 9.47 Å². The molecule has 0 saturated carbocycles. The van der Waals surface area contributed by atoms with E-state index < -0.39 is 0 Å². The molecule has 0 fully saturated rings. The Bertz CT molecular complexity index is 1090. The second kappa shape index (κ2) is 9.60. The van der Waals surface area contributed by atoms with Crippen LogP contribution in [0, 0.1) is 17.1 Å². The monoisotopic (exact) mass is 471 g/mol. The summed E-state index contributed by atoms with van der Waals surface area (Å²) in [5.41, 5.74) is 2.78. The molecule has 0 amide bonds. The zero-order chi connectivity index (χ0) is 20.8. The minimum atomic E-state index is -0.293. The van der Waals surface area contributed by atoms with Crippen molar-refractivity contribution in [1.29, 1.82) is 5.26 Å². The molecule has 0 aromatic heterocycles. The molecule has 0 aliphatic heterocycles. The topological polar surface area (TPSA) is 42.2 Å². The second-order valence-corrected chi connectivity index (χ2v) is 7.41. The number of allylic oxidation sites excluding steroid dienone is 1. The number of hydrogen-bond acceptors (Lipinski definition) is 3. The van der Waals surface area contributed by atoms with Crippen LogP contribution in [0.1, 0.15) is 16.7 Å². The predicted molar refractivity (Wildman–Crippen MR) is 116 cm³/mol. The van der Waals surface area contributed by atoms with E-state index in [1.165, 1.54) is 12.1 Å². The van der Waals surface area contributed by atoms with E-state index in [-0.39, 0.29) is 12.4 Å². The molecule has 3 aromatic carbocycles. The Morgan fingerprint density at radius 3 is 2.55 bits per heavy atom. The van der Waals surface area contributed by atoms with E-state index in [4.69, 9.17) is 21.1 Å². The molecule has 0 atom stereocenters. The van der Waals surface area contributed by atoms with Crippen molar-refractivity contribution < 1.29 is 13.9 Å². The van der Waals surface area contributed by atoms with E-state index >= 15 is 0 Å². The van der Waals surface area contributed by atoms with Gasteiger partial charge in [0, 0.05) is 9.50 Å². The highest BCUT2D eigenvalue weighted by atomic mass is 79.9. The summed E-state index contributed by atoms with van der Waals surface area (Å²) >= 11 is 9.57.